The largest absolute Gasteiger partial charge is 0.349 e. The van der Waals surface area contributed by atoms with Crippen LogP contribution in [0.1, 0.15) is 10.5 Å². The first-order valence-corrected chi connectivity index (χ1v) is 7.71. The topological polar surface area (TPSA) is 62.0 Å². The highest BCUT2D eigenvalue weighted by Crippen LogP contribution is 2.45. The van der Waals surface area contributed by atoms with E-state index in [0.717, 1.165) is 21.0 Å². The van der Waals surface area contributed by atoms with Gasteiger partial charge in [0.1, 0.15) is 5.69 Å². The summed E-state index contributed by atoms with van der Waals surface area (Å²) >= 11 is 3.18. The molecule has 1 amide bonds. The number of thiophene rings is 2. The van der Waals surface area contributed by atoms with Gasteiger partial charge in [-0.05, 0) is 22.9 Å². The van der Waals surface area contributed by atoms with Gasteiger partial charge in [0, 0.05) is 10.4 Å². The second kappa shape index (κ2) is 4.16. The van der Waals surface area contributed by atoms with Crippen molar-refractivity contribution in [1.82, 2.24) is 4.98 Å². The van der Waals surface area contributed by atoms with E-state index < -0.39 is 11.7 Å². The molecule has 6 heteroatoms. The molecule has 0 spiro atoms. The van der Waals surface area contributed by atoms with Crippen molar-refractivity contribution in [2.24, 2.45) is 0 Å². The Morgan fingerprint density at radius 2 is 1.60 bits per heavy atom. The minimum absolute atomic E-state index is 0.363. The van der Waals surface area contributed by atoms with Gasteiger partial charge in [0.2, 0.25) is 0 Å². The normalized spacial score (nSPS) is 13.6. The fourth-order valence-electron chi connectivity index (χ4n) is 2.35. The SMILES string of the molecule is O=C1Nc2c([nH]c(-c3cccs3)c2-c2cccs2)C1=O. The molecule has 0 saturated heterocycles. The first kappa shape index (κ1) is 11.6. The summed E-state index contributed by atoms with van der Waals surface area (Å²) in [5, 5.41) is 6.64. The van der Waals surface area contributed by atoms with Crippen molar-refractivity contribution in [2.45, 2.75) is 0 Å². The third kappa shape index (κ3) is 1.52. The van der Waals surface area contributed by atoms with Crippen LogP contribution < -0.4 is 5.32 Å². The third-order valence-electron chi connectivity index (χ3n) is 3.21. The lowest BCUT2D eigenvalue weighted by Gasteiger charge is -2.03. The van der Waals surface area contributed by atoms with Gasteiger partial charge in [0.05, 0.1) is 16.3 Å². The molecule has 2 N–H and O–H groups in total. The highest BCUT2D eigenvalue weighted by atomic mass is 32.1. The van der Waals surface area contributed by atoms with E-state index in [1.165, 1.54) is 0 Å². The van der Waals surface area contributed by atoms with Gasteiger partial charge in [0.25, 0.3) is 11.7 Å². The van der Waals surface area contributed by atoms with Crippen molar-refractivity contribution in [3.63, 3.8) is 0 Å². The number of hydrogen-bond acceptors (Lipinski definition) is 4. The number of fused-ring (bicyclic) bond motifs is 1. The summed E-state index contributed by atoms with van der Waals surface area (Å²) in [6.45, 7) is 0. The maximum atomic E-state index is 11.9. The quantitative estimate of drug-likeness (QED) is 0.710. The van der Waals surface area contributed by atoms with Crippen molar-refractivity contribution in [2.75, 3.05) is 5.32 Å². The number of amides is 1. The van der Waals surface area contributed by atoms with Crippen LogP contribution in [0.2, 0.25) is 0 Å². The standard InChI is InChI=1S/C14H8N2O2S2/c17-13-12-11(16-14(13)18)9(7-3-1-5-19-7)10(15-12)8-4-2-6-20-8/h1-6,15H,(H,16,17,18). The number of rotatable bonds is 2. The molecular formula is C14H8N2O2S2. The lowest BCUT2D eigenvalue weighted by atomic mass is 10.1. The van der Waals surface area contributed by atoms with Crippen LogP contribution in [-0.2, 0) is 4.79 Å². The molecule has 4 heterocycles. The summed E-state index contributed by atoms with van der Waals surface area (Å²) in [4.78, 5) is 28.6. The van der Waals surface area contributed by atoms with Crippen LogP contribution in [0.3, 0.4) is 0 Å². The summed E-state index contributed by atoms with van der Waals surface area (Å²) in [5.41, 5.74) is 2.75. The maximum absolute atomic E-state index is 11.9. The van der Waals surface area contributed by atoms with E-state index in [4.69, 9.17) is 0 Å². The predicted octanol–water partition coefficient (Wildman–Crippen LogP) is 3.61. The molecule has 98 valence electrons. The number of H-pyrrole nitrogens is 1. The number of Topliss-reactive ketones (excluding diaryl/α,β-unsaturated/α-hetero) is 1. The van der Waals surface area contributed by atoms with E-state index in [1.807, 2.05) is 35.0 Å². The Morgan fingerprint density at radius 3 is 2.25 bits per heavy atom. The molecule has 0 radical (unpaired) electrons. The highest BCUT2D eigenvalue weighted by Gasteiger charge is 2.35. The number of anilines is 1. The maximum Gasteiger partial charge on any atom is 0.298 e. The van der Waals surface area contributed by atoms with Gasteiger partial charge in [-0.1, -0.05) is 12.1 Å². The molecule has 1 aliphatic heterocycles. The Balaban J connectivity index is 2.02. The van der Waals surface area contributed by atoms with Crippen LogP contribution in [0.5, 0.6) is 0 Å². The number of nitrogens with one attached hydrogen (secondary N) is 2. The Labute approximate surface area is 122 Å². The van der Waals surface area contributed by atoms with Crippen molar-refractivity contribution in [3.8, 4) is 21.0 Å². The zero-order valence-electron chi connectivity index (χ0n) is 10.1. The molecule has 0 atom stereocenters. The first-order chi connectivity index (χ1) is 9.75. The fraction of sp³-hybridized carbons (Fsp3) is 0. The van der Waals surface area contributed by atoms with E-state index in [2.05, 4.69) is 10.3 Å². The summed E-state index contributed by atoms with van der Waals surface area (Å²) in [6, 6.07) is 7.90. The molecule has 3 aromatic heterocycles. The molecular weight excluding hydrogens is 292 g/mol. The van der Waals surface area contributed by atoms with Gasteiger partial charge in [-0.2, -0.15) is 0 Å². The van der Waals surface area contributed by atoms with Crippen molar-refractivity contribution < 1.29 is 9.59 Å². The van der Waals surface area contributed by atoms with Crippen molar-refractivity contribution in [1.29, 1.82) is 0 Å². The molecule has 0 saturated carbocycles. The number of aromatic amines is 1. The number of hydrogen-bond donors (Lipinski definition) is 2. The van der Waals surface area contributed by atoms with E-state index >= 15 is 0 Å². The monoisotopic (exact) mass is 300 g/mol. The van der Waals surface area contributed by atoms with Crippen molar-refractivity contribution >= 4 is 40.1 Å². The van der Waals surface area contributed by atoms with Crippen LogP contribution in [0.4, 0.5) is 5.69 Å². The highest BCUT2D eigenvalue weighted by molar-refractivity contribution is 7.14. The Kier molecular flexibility index (Phi) is 2.42. The lowest BCUT2D eigenvalue weighted by Crippen LogP contribution is -2.14. The minimum Gasteiger partial charge on any atom is -0.349 e. The Morgan fingerprint density at radius 1 is 0.900 bits per heavy atom. The molecule has 0 aromatic carbocycles. The molecule has 4 nitrogen and oxygen atoms in total. The van der Waals surface area contributed by atoms with Gasteiger partial charge in [0.15, 0.2) is 0 Å². The number of ketones is 1. The second-order valence-corrected chi connectivity index (χ2v) is 6.26. The summed E-state index contributed by atoms with van der Waals surface area (Å²) in [5.74, 6) is -1.07. The van der Waals surface area contributed by atoms with Gasteiger partial charge < -0.3 is 10.3 Å². The van der Waals surface area contributed by atoms with E-state index in [-0.39, 0.29) is 0 Å². The van der Waals surface area contributed by atoms with Gasteiger partial charge >= 0.3 is 0 Å². The summed E-state index contributed by atoms with van der Waals surface area (Å²) < 4.78 is 0. The molecule has 20 heavy (non-hydrogen) atoms. The lowest BCUT2D eigenvalue weighted by molar-refractivity contribution is -0.112. The van der Waals surface area contributed by atoms with Crippen LogP contribution in [0.25, 0.3) is 21.0 Å². The number of carbonyl (C=O) groups is 2. The van der Waals surface area contributed by atoms with Crippen molar-refractivity contribution in [3.05, 3.63) is 40.7 Å². The zero-order chi connectivity index (χ0) is 13.7. The molecule has 4 rings (SSSR count). The van der Waals surface area contributed by atoms with E-state index in [0.29, 0.717) is 11.4 Å². The first-order valence-electron chi connectivity index (χ1n) is 5.95. The Bertz CT molecular complexity index is 814. The van der Waals surface area contributed by atoms with E-state index in [9.17, 15) is 9.59 Å². The van der Waals surface area contributed by atoms with Crippen LogP contribution in [0, 0.1) is 0 Å². The van der Waals surface area contributed by atoms with Crippen LogP contribution in [-0.4, -0.2) is 16.7 Å². The predicted molar refractivity (Wildman–Crippen MR) is 80.4 cm³/mol. The van der Waals surface area contributed by atoms with Gasteiger partial charge in [-0.25, -0.2) is 0 Å². The zero-order valence-corrected chi connectivity index (χ0v) is 11.7. The summed E-state index contributed by atoms with van der Waals surface area (Å²) in [7, 11) is 0. The molecule has 0 unspecified atom stereocenters. The summed E-state index contributed by atoms with van der Waals surface area (Å²) in [6.07, 6.45) is 0. The average molecular weight is 300 g/mol. The Hall–Kier alpha value is -2.18. The van der Waals surface area contributed by atoms with Crippen LogP contribution in [0.15, 0.2) is 35.0 Å². The fourth-order valence-corrected chi connectivity index (χ4v) is 3.87. The third-order valence-corrected chi connectivity index (χ3v) is 4.98. The average Bonchev–Trinajstić information content (AvgIpc) is 3.18. The van der Waals surface area contributed by atoms with E-state index in [1.54, 1.807) is 22.7 Å². The number of aromatic nitrogens is 1. The van der Waals surface area contributed by atoms with Gasteiger partial charge in [-0.15, -0.1) is 22.7 Å². The molecule has 0 bridgehead atoms. The molecule has 0 fully saturated rings. The number of carbonyl (C=O) groups excluding carboxylic acids is 2. The molecule has 1 aliphatic rings. The minimum atomic E-state index is -0.568. The van der Waals surface area contributed by atoms with Crippen LogP contribution >= 0.6 is 22.7 Å². The molecule has 0 aliphatic carbocycles. The molecule has 3 aromatic rings. The second-order valence-electron chi connectivity index (χ2n) is 4.36. The smallest absolute Gasteiger partial charge is 0.298 e. The van der Waals surface area contributed by atoms with Gasteiger partial charge in [-0.3, -0.25) is 9.59 Å².